The van der Waals surface area contributed by atoms with Gasteiger partial charge in [0.25, 0.3) is 5.91 Å². The molecule has 0 radical (unpaired) electrons. The Morgan fingerprint density at radius 3 is 2.96 bits per heavy atom. The fourth-order valence-electron chi connectivity index (χ4n) is 1.95. The number of anilines is 1. The Morgan fingerprint density at radius 2 is 2.28 bits per heavy atom. The zero-order valence-electron chi connectivity index (χ0n) is 13.2. The number of nitrogens with one attached hydrogen (secondary N) is 1. The van der Waals surface area contributed by atoms with Crippen LogP contribution < -0.4 is 15.8 Å². The maximum absolute atomic E-state index is 12.6. The van der Waals surface area contributed by atoms with Crippen molar-refractivity contribution in [2.24, 2.45) is 10.7 Å². The van der Waals surface area contributed by atoms with Gasteiger partial charge in [-0.2, -0.15) is 0 Å². The molecule has 0 aliphatic carbocycles. The molecule has 9 heteroatoms. The first-order chi connectivity index (χ1) is 12.2. The number of carbonyl (C=O) groups excluding carboxylic acids is 1. The molecule has 3 N–H and O–H groups in total. The predicted octanol–water partition coefficient (Wildman–Crippen LogP) is 2.90. The summed E-state index contributed by atoms with van der Waals surface area (Å²) in [5.74, 6) is 0.691. The maximum Gasteiger partial charge on any atom is 0.261 e. The van der Waals surface area contributed by atoms with Crippen molar-refractivity contribution in [2.45, 2.75) is 6.92 Å². The molecule has 8 nitrogen and oxygen atoms in total. The summed E-state index contributed by atoms with van der Waals surface area (Å²) in [4.78, 5) is 28.8. The Balaban J connectivity index is 1.89. The quantitative estimate of drug-likeness (QED) is 0.538. The van der Waals surface area contributed by atoms with Crippen LogP contribution in [-0.4, -0.2) is 27.2 Å². The van der Waals surface area contributed by atoms with Crippen molar-refractivity contribution >= 4 is 34.5 Å². The number of amides is 1. The first-order valence-electron chi connectivity index (χ1n) is 7.21. The number of ether oxygens (including phenoxy) is 1. The molecule has 0 saturated heterocycles. The first kappa shape index (κ1) is 16.5. The number of aliphatic imine (C=N–C) groups is 1. The minimum absolute atomic E-state index is 0.187. The summed E-state index contributed by atoms with van der Waals surface area (Å²) < 4.78 is 5.66. The van der Waals surface area contributed by atoms with Crippen LogP contribution in [0.4, 0.5) is 10.9 Å². The lowest BCUT2D eigenvalue weighted by Gasteiger charge is -2.09. The molecular formula is C16H14N6O2S. The van der Waals surface area contributed by atoms with Gasteiger partial charge in [0.05, 0.1) is 30.0 Å². The standard InChI is InChI=1S/C16H14N6O2S/c1-10-8-25-16(21-10)22-15(23)13-5-12(7-19-14(13)20-9-17)24-11-3-2-4-18-6-11/h2-9H,1H3,(H2,17,19,20)(H,21,22,23). The molecule has 3 rings (SSSR count). The topological polar surface area (TPSA) is 115 Å². The highest BCUT2D eigenvalue weighted by Gasteiger charge is 2.16. The molecule has 3 aromatic rings. The normalized spacial score (nSPS) is 10.8. The van der Waals surface area contributed by atoms with E-state index in [0.29, 0.717) is 16.6 Å². The minimum atomic E-state index is -0.404. The van der Waals surface area contributed by atoms with Gasteiger partial charge in [-0.3, -0.25) is 15.1 Å². The Bertz CT molecular complexity index is 910. The monoisotopic (exact) mass is 354 g/mol. The Morgan fingerprint density at radius 1 is 1.40 bits per heavy atom. The van der Waals surface area contributed by atoms with E-state index in [1.807, 2.05) is 12.3 Å². The summed E-state index contributed by atoms with van der Waals surface area (Å²) in [7, 11) is 0. The zero-order valence-corrected chi connectivity index (χ0v) is 14.0. The van der Waals surface area contributed by atoms with E-state index in [9.17, 15) is 4.79 Å². The van der Waals surface area contributed by atoms with Crippen LogP contribution in [0.1, 0.15) is 16.1 Å². The van der Waals surface area contributed by atoms with E-state index in [4.69, 9.17) is 10.5 Å². The average molecular weight is 354 g/mol. The summed E-state index contributed by atoms with van der Waals surface area (Å²) in [5.41, 5.74) is 6.38. The second-order valence-electron chi connectivity index (χ2n) is 4.86. The van der Waals surface area contributed by atoms with Crippen molar-refractivity contribution in [3.05, 3.63) is 53.4 Å². The molecule has 126 valence electrons. The number of pyridine rings is 2. The van der Waals surface area contributed by atoms with Crippen LogP contribution in [0.25, 0.3) is 0 Å². The molecule has 0 spiro atoms. The second kappa shape index (κ2) is 7.49. The summed E-state index contributed by atoms with van der Waals surface area (Å²) in [5, 5.41) is 5.05. The number of rotatable bonds is 5. The highest BCUT2D eigenvalue weighted by atomic mass is 32.1. The van der Waals surface area contributed by atoms with E-state index in [1.165, 1.54) is 23.6 Å². The highest BCUT2D eigenvalue weighted by Crippen LogP contribution is 2.26. The molecule has 0 aliphatic rings. The summed E-state index contributed by atoms with van der Waals surface area (Å²) in [6.45, 7) is 1.85. The van der Waals surface area contributed by atoms with Crippen LogP contribution in [0.5, 0.6) is 11.5 Å². The first-order valence-corrected chi connectivity index (χ1v) is 8.09. The molecule has 0 saturated carbocycles. The SMILES string of the molecule is Cc1csc(NC(=O)c2cc(Oc3cccnc3)cnc2/N=C\N)n1. The number of nitrogens with zero attached hydrogens (tertiary/aromatic N) is 4. The van der Waals surface area contributed by atoms with E-state index in [-0.39, 0.29) is 11.4 Å². The summed E-state index contributed by atoms with van der Waals surface area (Å²) in [6, 6.07) is 5.03. The fourth-order valence-corrected chi connectivity index (χ4v) is 2.64. The van der Waals surface area contributed by atoms with Gasteiger partial charge in [-0.05, 0) is 25.1 Å². The van der Waals surface area contributed by atoms with Crippen molar-refractivity contribution in [3.8, 4) is 11.5 Å². The maximum atomic E-state index is 12.6. The second-order valence-corrected chi connectivity index (χ2v) is 5.72. The molecule has 3 aromatic heterocycles. The predicted molar refractivity (Wildman–Crippen MR) is 95.7 cm³/mol. The number of aryl methyl sites for hydroxylation is 1. The van der Waals surface area contributed by atoms with Gasteiger partial charge in [0.15, 0.2) is 10.9 Å². The zero-order chi connectivity index (χ0) is 17.6. The van der Waals surface area contributed by atoms with Gasteiger partial charge < -0.3 is 10.5 Å². The number of hydrogen-bond acceptors (Lipinski definition) is 7. The third-order valence-electron chi connectivity index (χ3n) is 2.99. The summed E-state index contributed by atoms with van der Waals surface area (Å²) >= 11 is 1.33. The van der Waals surface area contributed by atoms with Crippen LogP contribution in [0.3, 0.4) is 0 Å². The van der Waals surface area contributed by atoms with Crippen LogP contribution in [0.2, 0.25) is 0 Å². The largest absolute Gasteiger partial charge is 0.454 e. The van der Waals surface area contributed by atoms with Crippen molar-refractivity contribution in [1.82, 2.24) is 15.0 Å². The van der Waals surface area contributed by atoms with E-state index in [0.717, 1.165) is 12.0 Å². The number of thiazole rings is 1. The van der Waals surface area contributed by atoms with E-state index >= 15 is 0 Å². The summed E-state index contributed by atoms with van der Waals surface area (Å²) in [6.07, 6.45) is 5.73. The smallest absolute Gasteiger partial charge is 0.261 e. The van der Waals surface area contributed by atoms with Crippen LogP contribution in [-0.2, 0) is 0 Å². The van der Waals surface area contributed by atoms with Gasteiger partial charge in [0, 0.05) is 11.6 Å². The lowest BCUT2D eigenvalue weighted by molar-refractivity contribution is 0.102. The average Bonchev–Trinajstić information content (AvgIpc) is 3.02. The molecular weight excluding hydrogens is 340 g/mol. The van der Waals surface area contributed by atoms with Crippen molar-refractivity contribution in [2.75, 3.05) is 5.32 Å². The third kappa shape index (κ3) is 4.15. The molecule has 0 atom stereocenters. The molecule has 0 aliphatic heterocycles. The molecule has 0 fully saturated rings. The number of carbonyl (C=O) groups is 1. The minimum Gasteiger partial charge on any atom is -0.454 e. The Kier molecular flexibility index (Phi) is 4.95. The molecule has 3 heterocycles. The van der Waals surface area contributed by atoms with Crippen LogP contribution >= 0.6 is 11.3 Å². The number of hydrogen-bond donors (Lipinski definition) is 2. The number of aromatic nitrogens is 3. The third-order valence-corrected chi connectivity index (χ3v) is 3.87. The Hall–Kier alpha value is -3.33. The van der Waals surface area contributed by atoms with Gasteiger partial charge >= 0.3 is 0 Å². The molecule has 0 unspecified atom stereocenters. The van der Waals surface area contributed by atoms with Crippen LogP contribution in [0, 0.1) is 6.92 Å². The van der Waals surface area contributed by atoms with Gasteiger partial charge in [-0.1, -0.05) is 0 Å². The van der Waals surface area contributed by atoms with Gasteiger partial charge in [0.1, 0.15) is 11.5 Å². The van der Waals surface area contributed by atoms with Crippen molar-refractivity contribution < 1.29 is 9.53 Å². The van der Waals surface area contributed by atoms with Crippen molar-refractivity contribution in [3.63, 3.8) is 0 Å². The molecule has 0 bridgehead atoms. The lowest BCUT2D eigenvalue weighted by Crippen LogP contribution is -2.13. The van der Waals surface area contributed by atoms with Crippen LogP contribution in [0.15, 0.2) is 47.2 Å². The fraction of sp³-hybridized carbons (Fsp3) is 0.0625. The molecule has 1 amide bonds. The molecule has 0 aromatic carbocycles. The lowest BCUT2D eigenvalue weighted by atomic mass is 10.2. The Labute approximate surface area is 147 Å². The van der Waals surface area contributed by atoms with E-state index in [2.05, 4.69) is 25.3 Å². The highest BCUT2D eigenvalue weighted by molar-refractivity contribution is 7.13. The van der Waals surface area contributed by atoms with Crippen molar-refractivity contribution in [1.29, 1.82) is 0 Å². The molecule has 25 heavy (non-hydrogen) atoms. The van der Waals surface area contributed by atoms with Gasteiger partial charge in [-0.25, -0.2) is 15.0 Å². The van der Waals surface area contributed by atoms with Gasteiger partial charge in [0.2, 0.25) is 0 Å². The van der Waals surface area contributed by atoms with E-state index in [1.54, 1.807) is 24.5 Å². The van der Waals surface area contributed by atoms with E-state index < -0.39 is 5.91 Å². The number of nitrogens with two attached hydrogens (primary N) is 1. The van der Waals surface area contributed by atoms with Gasteiger partial charge in [-0.15, -0.1) is 11.3 Å².